The third-order valence-corrected chi connectivity index (χ3v) is 5.88. The SMILES string of the molecule is CC1([C@@H](NC(=O)C2CC(=O)NC(c3ncccn3)N2)c2ccc(C(F)(F)F)c(F)c2)CC1. The van der Waals surface area contributed by atoms with Crippen molar-refractivity contribution >= 4 is 11.8 Å². The fourth-order valence-corrected chi connectivity index (χ4v) is 3.80. The van der Waals surface area contributed by atoms with Crippen molar-refractivity contribution in [3.63, 3.8) is 0 Å². The summed E-state index contributed by atoms with van der Waals surface area (Å²) < 4.78 is 53.0. The van der Waals surface area contributed by atoms with E-state index in [1.165, 1.54) is 18.5 Å². The molecule has 7 nitrogen and oxygen atoms in total. The third kappa shape index (κ3) is 4.57. The summed E-state index contributed by atoms with van der Waals surface area (Å²) in [6.45, 7) is 1.87. The van der Waals surface area contributed by atoms with Gasteiger partial charge in [0.1, 0.15) is 12.0 Å². The molecule has 2 fully saturated rings. The predicted octanol–water partition coefficient (Wildman–Crippen LogP) is 2.77. The molecule has 1 aromatic heterocycles. The Morgan fingerprint density at radius 1 is 1.25 bits per heavy atom. The Balaban J connectivity index is 1.54. The molecule has 1 saturated heterocycles. The number of hydrogen-bond acceptors (Lipinski definition) is 5. The molecule has 2 aliphatic rings. The van der Waals surface area contributed by atoms with Gasteiger partial charge in [-0.3, -0.25) is 14.9 Å². The smallest absolute Gasteiger partial charge is 0.347 e. The topological polar surface area (TPSA) is 96.0 Å². The van der Waals surface area contributed by atoms with Crippen LogP contribution in [0.15, 0.2) is 36.7 Å². The number of carbonyl (C=O) groups excluding carboxylic acids is 2. The highest BCUT2D eigenvalue weighted by Gasteiger charge is 2.47. The van der Waals surface area contributed by atoms with Gasteiger partial charge in [-0.1, -0.05) is 13.0 Å². The van der Waals surface area contributed by atoms with Crippen LogP contribution in [0.3, 0.4) is 0 Å². The molecule has 11 heteroatoms. The van der Waals surface area contributed by atoms with E-state index in [1.54, 1.807) is 6.07 Å². The molecular formula is C21H21F4N5O2. The first-order chi connectivity index (χ1) is 15.1. The first-order valence-electron chi connectivity index (χ1n) is 10.1. The summed E-state index contributed by atoms with van der Waals surface area (Å²) in [6.07, 6.45) is -1.27. The third-order valence-electron chi connectivity index (χ3n) is 5.88. The number of nitrogens with one attached hydrogen (secondary N) is 3. The summed E-state index contributed by atoms with van der Waals surface area (Å²) in [4.78, 5) is 33.3. The fraction of sp³-hybridized carbons (Fsp3) is 0.429. The van der Waals surface area contributed by atoms with Crippen molar-refractivity contribution in [1.29, 1.82) is 0 Å². The van der Waals surface area contributed by atoms with Gasteiger partial charge in [0.15, 0.2) is 5.82 Å². The fourth-order valence-electron chi connectivity index (χ4n) is 3.80. The lowest BCUT2D eigenvalue weighted by molar-refractivity contribution is -0.140. The minimum atomic E-state index is -4.81. The van der Waals surface area contributed by atoms with Crippen LogP contribution in [-0.4, -0.2) is 27.8 Å². The second-order valence-electron chi connectivity index (χ2n) is 8.36. The lowest BCUT2D eigenvalue weighted by atomic mass is 9.90. The molecule has 4 rings (SSSR count). The van der Waals surface area contributed by atoms with Crippen LogP contribution in [-0.2, 0) is 15.8 Å². The zero-order valence-corrected chi connectivity index (χ0v) is 17.0. The number of carbonyl (C=O) groups is 2. The number of hydrogen-bond donors (Lipinski definition) is 3. The number of amides is 2. The van der Waals surface area contributed by atoms with Crippen LogP contribution >= 0.6 is 0 Å². The van der Waals surface area contributed by atoms with Gasteiger partial charge in [-0.05, 0) is 42.0 Å². The van der Waals surface area contributed by atoms with Crippen LogP contribution < -0.4 is 16.0 Å². The molecule has 2 amide bonds. The van der Waals surface area contributed by atoms with E-state index in [4.69, 9.17) is 0 Å². The van der Waals surface area contributed by atoms with Gasteiger partial charge in [-0.25, -0.2) is 14.4 Å². The quantitative estimate of drug-likeness (QED) is 0.608. The van der Waals surface area contributed by atoms with E-state index >= 15 is 0 Å². The van der Waals surface area contributed by atoms with Crippen LogP contribution in [0.5, 0.6) is 0 Å². The lowest BCUT2D eigenvalue weighted by Gasteiger charge is -2.32. The Bertz CT molecular complexity index is 1030. The summed E-state index contributed by atoms with van der Waals surface area (Å²) in [5.41, 5.74) is -1.53. The maximum absolute atomic E-state index is 14.2. The Kier molecular flexibility index (Phi) is 5.61. The van der Waals surface area contributed by atoms with Crippen molar-refractivity contribution in [3.8, 4) is 0 Å². The van der Waals surface area contributed by atoms with Crippen molar-refractivity contribution in [2.45, 2.75) is 50.6 Å². The molecule has 0 spiro atoms. The monoisotopic (exact) mass is 451 g/mol. The molecule has 1 aromatic carbocycles. The first-order valence-corrected chi connectivity index (χ1v) is 10.1. The molecule has 0 radical (unpaired) electrons. The first kappa shape index (κ1) is 22.1. The Morgan fingerprint density at radius 3 is 2.53 bits per heavy atom. The number of nitrogens with zero attached hydrogens (tertiary/aromatic N) is 2. The molecule has 3 atom stereocenters. The summed E-state index contributed by atoms with van der Waals surface area (Å²) >= 11 is 0. The predicted molar refractivity (Wildman–Crippen MR) is 104 cm³/mol. The largest absolute Gasteiger partial charge is 0.419 e. The van der Waals surface area contributed by atoms with Gasteiger partial charge < -0.3 is 10.6 Å². The molecule has 170 valence electrons. The van der Waals surface area contributed by atoms with Crippen molar-refractivity contribution < 1.29 is 27.2 Å². The molecule has 1 aliphatic heterocycles. The van der Waals surface area contributed by atoms with E-state index < -0.39 is 47.1 Å². The summed E-state index contributed by atoms with van der Waals surface area (Å²) in [5, 5.41) is 8.45. The molecule has 1 aliphatic carbocycles. The molecule has 2 heterocycles. The molecule has 1 saturated carbocycles. The highest BCUT2D eigenvalue weighted by molar-refractivity contribution is 5.90. The molecule has 0 bridgehead atoms. The van der Waals surface area contributed by atoms with Gasteiger partial charge in [0.25, 0.3) is 0 Å². The van der Waals surface area contributed by atoms with E-state index in [1.807, 2.05) is 6.92 Å². The second-order valence-corrected chi connectivity index (χ2v) is 8.36. The normalized spacial score (nSPS) is 23.2. The molecule has 32 heavy (non-hydrogen) atoms. The number of benzene rings is 1. The van der Waals surface area contributed by atoms with Gasteiger partial charge in [-0.2, -0.15) is 13.2 Å². The molecule has 2 aromatic rings. The summed E-state index contributed by atoms with van der Waals surface area (Å²) in [6, 6.07) is 2.68. The van der Waals surface area contributed by atoms with Gasteiger partial charge in [0, 0.05) is 12.4 Å². The Morgan fingerprint density at radius 2 is 1.94 bits per heavy atom. The van der Waals surface area contributed by atoms with Gasteiger partial charge in [0.05, 0.1) is 24.1 Å². The lowest BCUT2D eigenvalue weighted by Crippen LogP contribution is -2.57. The van der Waals surface area contributed by atoms with Gasteiger partial charge in [0.2, 0.25) is 11.8 Å². The zero-order chi connectivity index (χ0) is 23.1. The van der Waals surface area contributed by atoms with Crippen LogP contribution in [0.1, 0.15) is 55.3 Å². The van der Waals surface area contributed by atoms with Crippen molar-refractivity contribution in [2.24, 2.45) is 5.41 Å². The van der Waals surface area contributed by atoms with E-state index in [2.05, 4.69) is 25.9 Å². The van der Waals surface area contributed by atoms with Crippen LogP contribution in [0.2, 0.25) is 0 Å². The summed E-state index contributed by atoms with van der Waals surface area (Å²) in [5.74, 6) is -2.00. The number of alkyl halides is 3. The maximum atomic E-state index is 14.2. The van der Waals surface area contributed by atoms with E-state index in [0.717, 1.165) is 18.9 Å². The molecular weight excluding hydrogens is 430 g/mol. The van der Waals surface area contributed by atoms with Crippen molar-refractivity contribution in [3.05, 3.63) is 59.4 Å². The van der Waals surface area contributed by atoms with Crippen molar-refractivity contribution in [1.82, 2.24) is 25.9 Å². The van der Waals surface area contributed by atoms with E-state index in [0.29, 0.717) is 6.07 Å². The molecule has 2 unspecified atom stereocenters. The minimum Gasteiger partial charge on any atom is -0.347 e. The van der Waals surface area contributed by atoms with Crippen molar-refractivity contribution in [2.75, 3.05) is 0 Å². The highest BCUT2D eigenvalue weighted by atomic mass is 19.4. The van der Waals surface area contributed by atoms with Gasteiger partial charge in [-0.15, -0.1) is 0 Å². The van der Waals surface area contributed by atoms with Crippen LogP contribution in [0.4, 0.5) is 17.6 Å². The zero-order valence-electron chi connectivity index (χ0n) is 17.0. The second kappa shape index (κ2) is 8.12. The highest BCUT2D eigenvalue weighted by Crippen LogP contribution is 2.54. The average molecular weight is 451 g/mol. The van der Waals surface area contributed by atoms with Crippen LogP contribution in [0, 0.1) is 11.2 Å². The van der Waals surface area contributed by atoms with E-state index in [9.17, 15) is 27.2 Å². The average Bonchev–Trinajstić information content (AvgIpc) is 3.49. The Hall–Kier alpha value is -3.08. The number of rotatable bonds is 5. The number of halogens is 4. The van der Waals surface area contributed by atoms with Gasteiger partial charge >= 0.3 is 6.18 Å². The standard InChI is InChI=1S/C21H21F4N5O2/c1-20(5-6-20)16(11-3-4-12(13(22)9-11)21(23,24)25)30-19(32)14-10-15(31)29-18(28-14)17-26-7-2-8-27-17/h2-4,7-9,14,16,18,28H,5-6,10H2,1H3,(H,29,31)(H,30,32)/t14?,16-,18?/m0/s1. The van der Waals surface area contributed by atoms with Crippen LogP contribution in [0.25, 0.3) is 0 Å². The maximum Gasteiger partial charge on any atom is 0.419 e. The van der Waals surface area contributed by atoms with E-state index in [-0.39, 0.29) is 23.7 Å². The minimum absolute atomic E-state index is 0.139. The molecule has 3 N–H and O–H groups in total. The number of aromatic nitrogens is 2. The summed E-state index contributed by atoms with van der Waals surface area (Å²) in [7, 11) is 0. The Labute approximate surface area is 181 Å².